The van der Waals surface area contributed by atoms with E-state index in [9.17, 15) is 4.79 Å². The van der Waals surface area contributed by atoms with E-state index in [1.165, 1.54) is 7.11 Å². The van der Waals surface area contributed by atoms with Crippen molar-refractivity contribution in [2.45, 2.75) is 12.1 Å². The number of amides is 1. The predicted molar refractivity (Wildman–Crippen MR) is 67.2 cm³/mol. The highest BCUT2D eigenvalue weighted by Crippen LogP contribution is 2.30. The van der Waals surface area contributed by atoms with Gasteiger partial charge in [0.25, 0.3) is 5.91 Å². The number of aliphatic hydroxyl groups excluding tert-OH is 1. The molecular weight excluding hydrogens is 250 g/mol. The van der Waals surface area contributed by atoms with E-state index in [1.54, 1.807) is 12.1 Å². The standard InChI is InChI=1S/C13H17NO5/c1-17-7-9(6-15)14-13(16)12-8-18-10-4-2-3-5-11(10)19-12/h2-5,9,12,15H,6-8H2,1H3,(H,14,16). The van der Waals surface area contributed by atoms with Crippen LogP contribution in [0.15, 0.2) is 24.3 Å². The number of hydrogen-bond acceptors (Lipinski definition) is 5. The first-order valence-corrected chi connectivity index (χ1v) is 6.03. The fourth-order valence-electron chi connectivity index (χ4n) is 1.78. The van der Waals surface area contributed by atoms with E-state index >= 15 is 0 Å². The van der Waals surface area contributed by atoms with Gasteiger partial charge in [0, 0.05) is 7.11 Å². The van der Waals surface area contributed by atoms with Gasteiger partial charge in [-0.2, -0.15) is 0 Å². The molecule has 0 spiro atoms. The molecule has 1 aliphatic rings. The number of hydrogen-bond donors (Lipinski definition) is 2. The summed E-state index contributed by atoms with van der Waals surface area (Å²) in [5, 5.41) is 11.7. The lowest BCUT2D eigenvalue weighted by atomic mass is 10.2. The van der Waals surface area contributed by atoms with E-state index in [0.717, 1.165) is 0 Å². The van der Waals surface area contributed by atoms with Crippen LogP contribution in [0.4, 0.5) is 0 Å². The molecule has 0 aliphatic carbocycles. The molecule has 0 saturated carbocycles. The van der Waals surface area contributed by atoms with Crippen LogP contribution in [0, 0.1) is 0 Å². The topological polar surface area (TPSA) is 77.0 Å². The largest absolute Gasteiger partial charge is 0.485 e. The Bertz CT molecular complexity index is 437. The first-order valence-electron chi connectivity index (χ1n) is 6.03. The normalized spacial score (nSPS) is 18.7. The van der Waals surface area contributed by atoms with Gasteiger partial charge in [-0.25, -0.2) is 0 Å². The van der Waals surface area contributed by atoms with Crippen molar-refractivity contribution in [3.05, 3.63) is 24.3 Å². The number of para-hydroxylation sites is 2. The van der Waals surface area contributed by atoms with Crippen LogP contribution in [0.1, 0.15) is 0 Å². The molecule has 1 aromatic carbocycles. The minimum atomic E-state index is -0.721. The molecule has 0 bridgehead atoms. The monoisotopic (exact) mass is 267 g/mol. The highest BCUT2D eigenvalue weighted by molar-refractivity contribution is 5.82. The second kappa shape index (κ2) is 6.40. The summed E-state index contributed by atoms with van der Waals surface area (Å²) in [5.74, 6) is 0.842. The zero-order valence-electron chi connectivity index (χ0n) is 10.7. The zero-order chi connectivity index (χ0) is 13.7. The third kappa shape index (κ3) is 3.36. The van der Waals surface area contributed by atoms with Gasteiger partial charge in [-0.3, -0.25) is 4.79 Å². The molecule has 1 aliphatic heterocycles. The van der Waals surface area contributed by atoms with Crippen molar-refractivity contribution in [3.63, 3.8) is 0 Å². The number of aliphatic hydroxyl groups is 1. The Kier molecular flexibility index (Phi) is 4.59. The van der Waals surface area contributed by atoms with Crippen LogP contribution in [-0.2, 0) is 9.53 Å². The summed E-state index contributed by atoms with van der Waals surface area (Å²) < 4.78 is 15.9. The molecule has 2 unspecified atom stereocenters. The minimum Gasteiger partial charge on any atom is -0.485 e. The molecule has 2 rings (SSSR count). The van der Waals surface area contributed by atoms with Crippen molar-refractivity contribution in [3.8, 4) is 11.5 Å². The Morgan fingerprint density at radius 1 is 1.53 bits per heavy atom. The number of carbonyl (C=O) groups is 1. The molecule has 0 aromatic heterocycles. The van der Waals surface area contributed by atoms with E-state index in [4.69, 9.17) is 19.3 Å². The van der Waals surface area contributed by atoms with Crippen LogP contribution >= 0.6 is 0 Å². The Morgan fingerprint density at radius 3 is 2.95 bits per heavy atom. The molecule has 1 aromatic rings. The summed E-state index contributed by atoms with van der Waals surface area (Å²) in [6, 6.07) is 6.73. The lowest BCUT2D eigenvalue weighted by molar-refractivity contribution is -0.131. The Hall–Kier alpha value is -1.79. The summed E-state index contributed by atoms with van der Waals surface area (Å²) in [5.41, 5.74) is 0. The second-order valence-electron chi connectivity index (χ2n) is 4.21. The summed E-state index contributed by atoms with van der Waals surface area (Å²) in [4.78, 5) is 12.0. The number of rotatable bonds is 5. The quantitative estimate of drug-likeness (QED) is 0.782. The van der Waals surface area contributed by atoms with Gasteiger partial charge in [-0.1, -0.05) is 12.1 Å². The fourth-order valence-corrected chi connectivity index (χ4v) is 1.78. The molecular formula is C13H17NO5. The van der Waals surface area contributed by atoms with Gasteiger partial charge >= 0.3 is 0 Å². The van der Waals surface area contributed by atoms with Gasteiger partial charge in [0.1, 0.15) is 6.61 Å². The maximum absolute atomic E-state index is 12.0. The third-order valence-electron chi connectivity index (χ3n) is 2.74. The lowest BCUT2D eigenvalue weighted by Gasteiger charge is -2.27. The summed E-state index contributed by atoms with van der Waals surface area (Å²) in [6.07, 6.45) is -0.721. The van der Waals surface area contributed by atoms with E-state index in [2.05, 4.69) is 5.32 Å². The molecule has 1 amide bonds. The van der Waals surface area contributed by atoms with Crippen LogP contribution in [0.3, 0.4) is 0 Å². The van der Waals surface area contributed by atoms with Gasteiger partial charge in [0.15, 0.2) is 11.5 Å². The smallest absolute Gasteiger partial charge is 0.265 e. The molecule has 6 nitrogen and oxygen atoms in total. The Balaban J connectivity index is 1.95. The fraction of sp³-hybridized carbons (Fsp3) is 0.462. The molecule has 0 saturated heterocycles. The molecule has 104 valence electrons. The molecule has 2 N–H and O–H groups in total. The van der Waals surface area contributed by atoms with Crippen molar-refractivity contribution in [1.82, 2.24) is 5.32 Å². The number of methoxy groups -OCH3 is 1. The highest BCUT2D eigenvalue weighted by atomic mass is 16.6. The van der Waals surface area contributed by atoms with Crippen LogP contribution in [0.25, 0.3) is 0 Å². The molecule has 19 heavy (non-hydrogen) atoms. The van der Waals surface area contributed by atoms with Gasteiger partial charge in [0.05, 0.1) is 19.3 Å². The summed E-state index contributed by atoms with van der Waals surface area (Å²) >= 11 is 0. The van der Waals surface area contributed by atoms with Crippen molar-refractivity contribution >= 4 is 5.91 Å². The van der Waals surface area contributed by atoms with Crippen LogP contribution < -0.4 is 14.8 Å². The van der Waals surface area contributed by atoms with Crippen LogP contribution in [0.5, 0.6) is 11.5 Å². The number of ether oxygens (including phenoxy) is 3. The maximum atomic E-state index is 12.0. The lowest BCUT2D eigenvalue weighted by Crippen LogP contribution is -2.50. The van der Waals surface area contributed by atoms with Gasteiger partial charge in [-0.05, 0) is 12.1 Å². The van der Waals surface area contributed by atoms with E-state index in [1.807, 2.05) is 12.1 Å². The predicted octanol–water partition coefficient (Wildman–Crippen LogP) is -0.0501. The SMILES string of the molecule is COCC(CO)NC(=O)C1COc2ccccc2O1. The van der Waals surface area contributed by atoms with Gasteiger partial charge in [-0.15, -0.1) is 0 Å². The van der Waals surface area contributed by atoms with E-state index in [0.29, 0.717) is 11.5 Å². The zero-order valence-corrected chi connectivity index (χ0v) is 10.7. The first kappa shape index (κ1) is 13.6. The number of carbonyl (C=O) groups excluding carboxylic acids is 1. The molecule has 1 heterocycles. The minimum absolute atomic E-state index is 0.147. The second-order valence-corrected chi connectivity index (χ2v) is 4.21. The van der Waals surface area contributed by atoms with E-state index < -0.39 is 12.1 Å². The third-order valence-corrected chi connectivity index (χ3v) is 2.74. The Morgan fingerprint density at radius 2 is 2.26 bits per heavy atom. The van der Waals surface area contributed by atoms with Gasteiger partial charge < -0.3 is 24.6 Å². The average molecular weight is 267 g/mol. The maximum Gasteiger partial charge on any atom is 0.265 e. The van der Waals surface area contributed by atoms with Crippen molar-refractivity contribution in [1.29, 1.82) is 0 Å². The van der Waals surface area contributed by atoms with Crippen molar-refractivity contribution in [2.75, 3.05) is 26.9 Å². The number of fused-ring (bicyclic) bond motifs is 1. The first-order chi connectivity index (χ1) is 9.24. The molecule has 6 heteroatoms. The number of nitrogens with one attached hydrogen (secondary N) is 1. The van der Waals surface area contributed by atoms with E-state index in [-0.39, 0.29) is 25.7 Å². The van der Waals surface area contributed by atoms with Crippen molar-refractivity contribution in [2.24, 2.45) is 0 Å². The molecule has 0 fully saturated rings. The number of benzene rings is 1. The molecule has 2 atom stereocenters. The van der Waals surface area contributed by atoms with Gasteiger partial charge in [0.2, 0.25) is 6.10 Å². The summed E-state index contributed by atoms with van der Waals surface area (Å²) in [6.45, 7) is 0.199. The highest BCUT2D eigenvalue weighted by Gasteiger charge is 2.28. The van der Waals surface area contributed by atoms with Crippen LogP contribution in [-0.4, -0.2) is 50.1 Å². The summed E-state index contributed by atoms with van der Waals surface area (Å²) in [7, 11) is 1.51. The van der Waals surface area contributed by atoms with Crippen LogP contribution in [0.2, 0.25) is 0 Å². The van der Waals surface area contributed by atoms with Crippen molar-refractivity contribution < 1.29 is 24.1 Å². The average Bonchev–Trinajstić information content (AvgIpc) is 2.46. The Labute approximate surface area is 111 Å². The molecule has 0 radical (unpaired) electrons.